The fourth-order valence-electron chi connectivity index (χ4n) is 4.78. The summed E-state index contributed by atoms with van der Waals surface area (Å²) in [6, 6.07) is 16.1. The van der Waals surface area contributed by atoms with E-state index in [1.165, 1.54) is 24.3 Å². The zero-order chi connectivity index (χ0) is 25.3. The predicted octanol–water partition coefficient (Wildman–Crippen LogP) is 4.02. The molecule has 3 aromatic rings. The summed E-state index contributed by atoms with van der Waals surface area (Å²) in [6.07, 6.45) is 2.53. The van der Waals surface area contributed by atoms with Gasteiger partial charge in [-0.2, -0.15) is 0 Å². The number of hydrogen-bond donors (Lipinski definition) is 1. The standard InChI is InChI=1S/C27H25FN4O4/c1-27-13-10-25(34)32(27)22-5-3-2-4-21(22)26(35)31(27)15-12-23(33)30-17-18-11-14-29-24(16-18)36-20-8-6-19(28)7-9-20/h2-9,11,14,16H,10,12-13,15,17H2,1H3,(H,30,33). The van der Waals surface area contributed by atoms with Crippen LogP contribution >= 0.6 is 0 Å². The molecule has 1 fully saturated rings. The maximum absolute atomic E-state index is 13.3. The highest BCUT2D eigenvalue weighted by atomic mass is 19.1. The lowest BCUT2D eigenvalue weighted by molar-refractivity contribution is -0.121. The molecule has 0 radical (unpaired) electrons. The third kappa shape index (κ3) is 4.39. The average molecular weight is 489 g/mol. The van der Waals surface area contributed by atoms with Gasteiger partial charge in [0.15, 0.2) is 0 Å². The minimum Gasteiger partial charge on any atom is -0.439 e. The molecule has 36 heavy (non-hydrogen) atoms. The van der Waals surface area contributed by atoms with Gasteiger partial charge in [0.2, 0.25) is 17.7 Å². The van der Waals surface area contributed by atoms with Crippen molar-refractivity contribution in [2.24, 2.45) is 0 Å². The smallest absolute Gasteiger partial charge is 0.257 e. The Balaban J connectivity index is 1.21. The van der Waals surface area contributed by atoms with Crippen LogP contribution in [0.3, 0.4) is 0 Å². The van der Waals surface area contributed by atoms with Gasteiger partial charge < -0.3 is 15.0 Å². The lowest BCUT2D eigenvalue weighted by Crippen LogP contribution is -2.62. The van der Waals surface area contributed by atoms with Crippen molar-refractivity contribution in [1.82, 2.24) is 15.2 Å². The van der Waals surface area contributed by atoms with Gasteiger partial charge in [-0.15, -0.1) is 0 Å². The monoisotopic (exact) mass is 488 g/mol. The Bertz CT molecular complexity index is 1330. The zero-order valence-corrected chi connectivity index (χ0v) is 19.7. The SMILES string of the molecule is CC12CCC(=O)N1c1ccccc1C(=O)N2CCC(=O)NCc1ccnc(Oc2ccc(F)cc2)c1. The normalized spacial score (nSPS) is 18.6. The molecule has 2 aliphatic rings. The largest absolute Gasteiger partial charge is 0.439 e. The van der Waals surface area contributed by atoms with Crippen LogP contribution in [0.25, 0.3) is 0 Å². The molecular weight excluding hydrogens is 463 g/mol. The molecule has 1 aromatic heterocycles. The Morgan fingerprint density at radius 2 is 1.92 bits per heavy atom. The number of benzene rings is 2. The van der Waals surface area contributed by atoms with Crippen LogP contribution in [-0.4, -0.2) is 39.8 Å². The summed E-state index contributed by atoms with van der Waals surface area (Å²) in [4.78, 5) is 46.1. The number of nitrogens with one attached hydrogen (secondary N) is 1. The van der Waals surface area contributed by atoms with Crippen LogP contribution in [0, 0.1) is 5.82 Å². The van der Waals surface area contributed by atoms with Crippen molar-refractivity contribution in [2.45, 2.75) is 38.4 Å². The average Bonchev–Trinajstić information content (AvgIpc) is 3.19. The van der Waals surface area contributed by atoms with E-state index in [-0.39, 0.29) is 43.0 Å². The summed E-state index contributed by atoms with van der Waals surface area (Å²) >= 11 is 0. The van der Waals surface area contributed by atoms with Crippen molar-refractivity contribution < 1.29 is 23.5 Å². The molecule has 5 rings (SSSR count). The van der Waals surface area contributed by atoms with Crippen LogP contribution in [-0.2, 0) is 16.1 Å². The van der Waals surface area contributed by atoms with Crippen LogP contribution in [0.15, 0.2) is 66.9 Å². The van der Waals surface area contributed by atoms with Crippen LogP contribution in [0.4, 0.5) is 10.1 Å². The Morgan fingerprint density at radius 1 is 1.14 bits per heavy atom. The summed E-state index contributed by atoms with van der Waals surface area (Å²) in [5.74, 6) is -0.00938. The van der Waals surface area contributed by atoms with Crippen molar-refractivity contribution in [1.29, 1.82) is 0 Å². The van der Waals surface area contributed by atoms with Crippen LogP contribution in [0.1, 0.15) is 42.1 Å². The number of hydrogen-bond acceptors (Lipinski definition) is 5. The summed E-state index contributed by atoms with van der Waals surface area (Å²) in [5.41, 5.74) is 1.08. The van der Waals surface area contributed by atoms with Gasteiger partial charge in [0.25, 0.3) is 5.91 Å². The number of pyridine rings is 1. The number of amides is 3. The number of carbonyl (C=O) groups excluding carboxylic acids is 3. The number of ether oxygens (including phenoxy) is 1. The molecule has 184 valence electrons. The molecule has 3 heterocycles. The van der Waals surface area contributed by atoms with E-state index in [1.807, 2.05) is 13.0 Å². The molecule has 1 atom stereocenters. The molecule has 1 N–H and O–H groups in total. The Hall–Kier alpha value is -4.27. The number of aromatic nitrogens is 1. The number of para-hydroxylation sites is 1. The quantitative estimate of drug-likeness (QED) is 0.543. The summed E-state index contributed by atoms with van der Waals surface area (Å²) in [7, 11) is 0. The molecule has 8 nitrogen and oxygen atoms in total. The minimum atomic E-state index is -0.791. The third-order valence-corrected chi connectivity index (χ3v) is 6.63. The highest BCUT2D eigenvalue weighted by Gasteiger charge is 2.52. The van der Waals surface area contributed by atoms with Gasteiger partial charge in [0.05, 0.1) is 11.3 Å². The molecule has 0 saturated carbocycles. The second-order valence-corrected chi connectivity index (χ2v) is 9.01. The molecule has 0 spiro atoms. The maximum Gasteiger partial charge on any atom is 0.257 e. The summed E-state index contributed by atoms with van der Waals surface area (Å²) in [5, 5.41) is 2.86. The van der Waals surface area contributed by atoms with E-state index < -0.39 is 5.66 Å². The Morgan fingerprint density at radius 3 is 2.72 bits per heavy atom. The van der Waals surface area contributed by atoms with E-state index in [1.54, 1.807) is 46.3 Å². The number of anilines is 1. The molecule has 0 bridgehead atoms. The van der Waals surface area contributed by atoms with Crippen molar-refractivity contribution in [3.05, 3.63) is 83.8 Å². The van der Waals surface area contributed by atoms with Crippen molar-refractivity contribution in [2.75, 3.05) is 11.4 Å². The van der Waals surface area contributed by atoms with Gasteiger partial charge in [0, 0.05) is 38.2 Å². The third-order valence-electron chi connectivity index (χ3n) is 6.63. The van der Waals surface area contributed by atoms with E-state index >= 15 is 0 Å². The second-order valence-electron chi connectivity index (χ2n) is 9.01. The first-order chi connectivity index (χ1) is 17.3. The van der Waals surface area contributed by atoms with E-state index in [2.05, 4.69) is 10.3 Å². The van der Waals surface area contributed by atoms with Gasteiger partial charge in [-0.3, -0.25) is 19.3 Å². The molecular formula is C27H25FN4O4. The lowest BCUT2D eigenvalue weighted by Gasteiger charge is -2.48. The fraction of sp³-hybridized carbons (Fsp3) is 0.259. The van der Waals surface area contributed by atoms with Gasteiger partial charge in [-0.1, -0.05) is 12.1 Å². The van der Waals surface area contributed by atoms with Crippen LogP contribution in [0.2, 0.25) is 0 Å². The number of rotatable bonds is 7. The molecule has 1 unspecified atom stereocenters. The van der Waals surface area contributed by atoms with E-state index in [4.69, 9.17) is 4.74 Å². The first-order valence-electron chi connectivity index (χ1n) is 11.7. The Labute approximate surface area is 207 Å². The number of fused-ring (bicyclic) bond motifs is 3. The van der Waals surface area contributed by atoms with Gasteiger partial charge >= 0.3 is 0 Å². The minimum absolute atomic E-state index is 0.0248. The number of halogens is 1. The van der Waals surface area contributed by atoms with Crippen LogP contribution < -0.4 is 15.0 Å². The first-order valence-corrected chi connectivity index (χ1v) is 11.7. The summed E-state index contributed by atoms with van der Waals surface area (Å²) < 4.78 is 18.7. The van der Waals surface area contributed by atoms with Crippen LogP contribution in [0.5, 0.6) is 11.6 Å². The molecule has 0 aliphatic carbocycles. The Kier molecular flexibility index (Phi) is 6.13. The fourth-order valence-corrected chi connectivity index (χ4v) is 4.78. The van der Waals surface area contributed by atoms with Gasteiger partial charge in [0.1, 0.15) is 17.2 Å². The molecule has 1 saturated heterocycles. The number of carbonyl (C=O) groups is 3. The van der Waals surface area contributed by atoms with Gasteiger partial charge in [-0.25, -0.2) is 9.37 Å². The van der Waals surface area contributed by atoms with Crippen molar-refractivity contribution >= 4 is 23.4 Å². The lowest BCUT2D eigenvalue weighted by atomic mass is 9.98. The zero-order valence-electron chi connectivity index (χ0n) is 19.7. The first kappa shape index (κ1) is 23.5. The van der Waals surface area contributed by atoms with Crippen molar-refractivity contribution in [3.8, 4) is 11.6 Å². The number of nitrogens with zero attached hydrogens (tertiary/aromatic N) is 3. The highest BCUT2D eigenvalue weighted by Crippen LogP contribution is 2.43. The molecule has 3 amide bonds. The molecule has 9 heteroatoms. The van der Waals surface area contributed by atoms with E-state index in [0.717, 1.165) is 5.56 Å². The topological polar surface area (TPSA) is 91.8 Å². The maximum atomic E-state index is 13.3. The molecule has 2 aliphatic heterocycles. The highest BCUT2D eigenvalue weighted by molar-refractivity contribution is 6.10. The van der Waals surface area contributed by atoms with E-state index in [0.29, 0.717) is 35.7 Å². The predicted molar refractivity (Wildman–Crippen MR) is 130 cm³/mol. The van der Waals surface area contributed by atoms with E-state index in [9.17, 15) is 18.8 Å². The molecule has 2 aromatic carbocycles. The summed E-state index contributed by atoms with van der Waals surface area (Å²) in [6.45, 7) is 2.32. The second kappa shape index (κ2) is 9.41. The van der Waals surface area contributed by atoms with Crippen molar-refractivity contribution in [3.63, 3.8) is 0 Å². The van der Waals surface area contributed by atoms with Gasteiger partial charge in [-0.05, 0) is 61.4 Å².